The number of hydrogen-bond donors (Lipinski definition) is 2. The van der Waals surface area contributed by atoms with E-state index < -0.39 is 0 Å². The number of nitrogens with one attached hydrogen (secondary N) is 2. The molecule has 0 spiro atoms. The number of carbonyl (C=O) groups excluding carboxylic acids is 1. The number of carbonyl (C=O) groups is 1. The number of nitrogens with zero attached hydrogens (tertiary/aromatic N) is 3. The Labute approximate surface area is 160 Å². The molecule has 1 amide bonds. The summed E-state index contributed by atoms with van der Waals surface area (Å²) in [5.74, 6) is 2.31. The zero-order valence-electron chi connectivity index (χ0n) is 16.2. The number of amides is 1. The average Bonchev–Trinajstić information content (AvgIpc) is 3.19. The number of aryl methyl sites for hydroxylation is 1. The third-order valence-corrected chi connectivity index (χ3v) is 4.56. The molecule has 2 aromatic rings. The highest BCUT2D eigenvalue weighted by molar-refractivity contribution is 5.94. The summed E-state index contributed by atoms with van der Waals surface area (Å²) in [7, 11) is 0. The molecule has 1 aromatic carbocycles. The van der Waals surface area contributed by atoms with Gasteiger partial charge in [0, 0.05) is 37.1 Å². The van der Waals surface area contributed by atoms with Crippen molar-refractivity contribution in [3.8, 4) is 0 Å². The van der Waals surface area contributed by atoms with Crippen LogP contribution >= 0.6 is 0 Å². The minimum absolute atomic E-state index is 0.0801. The van der Waals surface area contributed by atoms with E-state index in [1.165, 1.54) is 0 Å². The molecule has 1 fully saturated rings. The lowest BCUT2D eigenvalue weighted by molar-refractivity contribution is -0.124. The van der Waals surface area contributed by atoms with Gasteiger partial charge in [-0.25, -0.2) is 9.97 Å². The van der Waals surface area contributed by atoms with E-state index in [-0.39, 0.29) is 12.0 Å². The third-order valence-electron chi connectivity index (χ3n) is 4.56. The van der Waals surface area contributed by atoms with Gasteiger partial charge in [0.05, 0.1) is 0 Å². The second-order valence-electron chi connectivity index (χ2n) is 6.52. The molecule has 1 aliphatic heterocycles. The van der Waals surface area contributed by atoms with E-state index in [1.807, 2.05) is 37.3 Å². The van der Waals surface area contributed by atoms with Crippen molar-refractivity contribution in [2.24, 2.45) is 0 Å². The van der Waals surface area contributed by atoms with Crippen LogP contribution in [-0.2, 0) is 9.53 Å². The second-order valence-corrected chi connectivity index (χ2v) is 6.52. The van der Waals surface area contributed by atoms with Gasteiger partial charge in [-0.1, -0.05) is 0 Å². The van der Waals surface area contributed by atoms with Crippen LogP contribution in [0.5, 0.6) is 0 Å². The van der Waals surface area contributed by atoms with Crippen LogP contribution in [0.2, 0.25) is 0 Å². The van der Waals surface area contributed by atoms with Crippen LogP contribution in [0, 0.1) is 6.92 Å². The van der Waals surface area contributed by atoms with Crippen molar-refractivity contribution in [2.75, 3.05) is 35.2 Å². The number of hydrogen-bond acceptors (Lipinski definition) is 6. The van der Waals surface area contributed by atoms with Crippen LogP contribution in [0.15, 0.2) is 30.3 Å². The Kier molecular flexibility index (Phi) is 6.24. The summed E-state index contributed by atoms with van der Waals surface area (Å²) < 4.78 is 5.41. The Morgan fingerprint density at radius 2 is 1.89 bits per heavy atom. The smallest absolute Gasteiger partial charge is 0.253 e. The lowest BCUT2D eigenvalue weighted by atomic mass is 10.2. The van der Waals surface area contributed by atoms with Gasteiger partial charge >= 0.3 is 0 Å². The van der Waals surface area contributed by atoms with Crippen LogP contribution in [0.3, 0.4) is 0 Å². The predicted molar refractivity (Wildman–Crippen MR) is 108 cm³/mol. The Bertz CT molecular complexity index is 768. The van der Waals surface area contributed by atoms with Crippen molar-refractivity contribution in [1.82, 2.24) is 9.97 Å². The molecule has 144 valence electrons. The fourth-order valence-electron chi connectivity index (χ4n) is 3.12. The van der Waals surface area contributed by atoms with Gasteiger partial charge < -0.3 is 20.3 Å². The Balaban J connectivity index is 1.66. The van der Waals surface area contributed by atoms with Crippen molar-refractivity contribution in [3.63, 3.8) is 0 Å². The van der Waals surface area contributed by atoms with Crippen molar-refractivity contribution in [1.29, 1.82) is 0 Å². The maximum absolute atomic E-state index is 12.1. The summed E-state index contributed by atoms with van der Waals surface area (Å²) in [6.07, 6.45) is 1.40. The molecular weight excluding hydrogens is 342 g/mol. The first kappa shape index (κ1) is 19.1. The van der Waals surface area contributed by atoms with Gasteiger partial charge in [-0.2, -0.15) is 0 Å². The highest BCUT2D eigenvalue weighted by Crippen LogP contribution is 2.22. The average molecular weight is 369 g/mol. The standard InChI is InChI=1S/C20H27N5O2/c1-4-25(5-2)19-13-18(21-14(3)22-19)23-15-8-10-16(11-9-15)24-20(26)17-7-6-12-27-17/h8-11,13,17H,4-7,12H2,1-3H3,(H,24,26)(H,21,22,23). The van der Waals surface area contributed by atoms with E-state index in [9.17, 15) is 4.79 Å². The lowest BCUT2D eigenvalue weighted by Crippen LogP contribution is -2.26. The second kappa shape index (κ2) is 8.81. The molecule has 2 N–H and O–H groups in total. The highest BCUT2D eigenvalue weighted by Gasteiger charge is 2.23. The predicted octanol–water partition coefficient (Wildman–Crippen LogP) is 3.49. The quantitative estimate of drug-likeness (QED) is 0.778. The van der Waals surface area contributed by atoms with Crippen LogP contribution in [0.4, 0.5) is 23.0 Å². The summed E-state index contributed by atoms with van der Waals surface area (Å²) in [5.41, 5.74) is 1.65. The van der Waals surface area contributed by atoms with E-state index in [1.54, 1.807) is 0 Å². The minimum atomic E-state index is -0.328. The molecule has 2 heterocycles. The van der Waals surface area contributed by atoms with E-state index >= 15 is 0 Å². The first-order chi connectivity index (χ1) is 13.1. The first-order valence-electron chi connectivity index (χ1n) is 9.49. The van der Waals surface area contributed by atoms with Gasteiger partial charge in [-0.3, -0.25) is 4.79 Å². The lowest BCUT2D eigenvalue weighted by Gasteiger charge is -2.20. The number of rotatable bonds is 7. The van der Waals surface area contributed by atoms with Gasteiger partial charge in [0.1, 0.15) is 23.6 Å². The molecule has 0 bridgehead atoms. The molecule has 7 nitrogen and oxygen atoms in total. The van der Waals surface area contributed by atoms with Gasteiger partial charge in [-0.15, -0.1) is 0 Å². The summed E-state index contributed by atoms with van der Waals surface area (Å²) in [4.78, 5) is 23.3. The Morgan fingerprint density at radius 3 is 2.52 bits per heavy atom. The van der Waals surface area contributed by atoms with Crippen molar-refractivity contribution in [3.05, 3.63) is 36.2 Å². The van der Waals surface area contributed by atoms with Gasteiger partial charge in [0.2, 0.25) is 0 Å². The number of anilines is 4. The zero-order chi connectivity index (χ0) is 19.2. The largest absolute Gasteiger partial charge is 0.368 e. The van der Waals surface area contributed by atoms with E-state index in [2.05, 4.69) is 39.3 Å². The number of ether oxygens (including phenoxy) is 1. The van der Waals surface area contributed by atoms with Gasteiger partial charge in [-0.05, 0) is 57.9 Å². The van der Waals surface area contributed by atoms with E-state index in [0.717, 1.165) is 54.8 Å². The van der Waals surface area contributed by atoms with E-state index in [0.29, 0.717) is 6.61 Å². The maximum atomic E-state index is 12.1. The summed E-state index contributed by atoms with van der Waals surface area (Å²) in [6, 6.07) is 9.52. The summed E-state index contributed by atoms with van der Waals surface area (Å²) in [5, 5.41) is 6.21. The van der Waals surface area contributed by atoms with E-state index in [4.69, 9.17) is 4.74 Å². The Morgan fingerprint density at radius 1 is 1.19 bits per heavy atom. The Hall–Kier alpha value is -2.67. The zero-order valence-corrected chi connectivity index (χ0v) is 16.2. The minimum Gasteiger partial charge on any atom is -0.368 e. The van der Waals surface area contributed by atoms with Gasteiger partial charge in [0.25, 0.3) is 5.91 Å². The van der Waals surface area contributed by atoms with Crippen LogP contribution < -0.4 is 15.5 Å². The molecule has 7 heteroatoms. The molecular formula is C20H27N5O2. The summed E-state index contributed by atoms with van der Waals surface area (Å²) >= 11 is 0. The normalized spacial score (nSPS) is 16.2. The molecule has 1 aromatic heterocycles. The van der Waals surface area contributed by atoms with Crippen molar-refractivity contribution >= 4 is 28.9 Å². The number of aromatic nitrogens is 2. The maximum Gasteiger partial charge on any atom is 0.253 e. The molecule has 1 unspecified atom stereocenters. The number of benzene rings is 1. The molecule has 0 saturated carbocycles. The molecule has 3 rings (SSSR count). The monoisotopic (exact) mass is 369 g/mol. The van der Waals surface area contributed by atoms with Crippen LogP contribution in [0.1, 0.15) is 32.5 Å². The fourth-order valence-corrected chi connectivity index (χ4v) is 3.12. The topological polar surface area (TPSA) is 79.4 Å². The van der Waals surface area contributed by atoms with Crippen molar-refractivity contribution in [2.45, 2.75) is 39.7 Å². The SMILES string of the molecule is CCN(CC)c1cc(Nc2ccc(NC(=O)C3CCCO3)cc2)nc(C)n1. The van der Waals surface area contributed by atoms with Gasteiger partial charge in [0.15, 0.2) is 0 Å². The highest BCUT2D eigenvalue weighted by atomic mass is 16.5. The molecule has 1 saturated heterocycles. The molecule has 0 radical (unpaired) electrons. The fraction of sp³-hybridized carbons (Fsp3) is 0.450. The summed E-state index contributed by atoms with van der Waals surface area (Å²) in [6.45, 7) is 8.56. The third kappa shape index (κ3) is 4.95. The molecule has 0 aliphatic carbocycles. The van der Waals surface area contributed by atoms with Crippen LogP contribution in [-0.4, -0.2) is 41.7 Å². The van der Waals surface area contributed by atoms with Crippen molar-refractivity contribution < 1.29 is 9.53 Å². The van der Waals surface area contributed by atoms with Crippen LogP contribution in [0.25, 0.3) is 0 Å². The molecule has 27 heavy (non-hydrogen) atoms. The molecule has 1 atom stereocenters. The first-order valence-corrected chi connectivity index (χ1v) is 9.49. The molecule has 1 aliphatic rings.